The molecular formula is C13H14N2O4. The lowest BCUT2D eigenvalue weighted by molar-refractivity contribution is -0.118. The number of nitrogens with one attached hydrogen (secondary N) is 1. The Morgan fingerprint density at radius 2 is 2.05 bits per heavy atom. The molecule has 0 radical (unpaired) electrons. The summed E-state index contributed by atoms with van der Waals surface area (Å²) in [6.07, 6.45) is 4.04. The van der Waals surface area contributed by atoms with Crippen molar-refractivity contribution in [2.45, 2.75) is 12.5 Å². The monoisotopic (exact) mass is 262 g/mol. The summed E-state index contributed by atoms with van der Waals surface area (Å²) in [6, 6.07) is 3.77. The van der Waals surface area contributed by atoms with Gasteiger partial charge in [-0.15, -0.1) is 0 Å². The van der Waals surface area contributed by atoms with E-state index in [1.54, 1.807) is 12.2 Å². The van der Waals surface area contributed by atoms with Gasteiger partial charge in [0.1, 0.15) is 11.3 Å². The molecule has 0 heterocycles. The van der Waals surface area contributed by atoms with E-state index in [1.165, 1.54) is 18.2 Å². The molecule has 19 heavy (non-hydrogen) atoms. The van der Waals surface area contributed by atoms with Gasteiger partial charge in [-0.2, -0.15) is 0 Å². The number of carbonyl (C=O) groups is 2. The maximum Gasteiger partial charge on any atom is 0.339 e. The number of nitrogens with two attached hydrogens (primary N) is 1. The summed E-state index contributed by atoms with van der Waals surface area (Å²) in [5.74, 6) is -2.15. The number of amides is 1. The summed E-state index contributed by atoms with van der Waals surface area (Å²) in [5.41, 5.74) is 5.74. The van der Waals surface area contributed by atoms with Gasteiger partial charge in [-0.3, -0.25) is 4.79 Å². The van der Waals surface area contributed by atoms with E-state index in [0.29, 0.717) is 12.1 Å². The largest absolute Gasteiger partial charge is 0.507 e. The molecule has 0 saturated carbocycles. The van der Waals surface area contributed by atoms with Gasteiger partial charge in [0.15, 0.2) is 0 Å². The molecule has 1 aromatic rings. The first-order valence-corrected chi connectivity index (χ1v) is 5.78. The number of aromatic hydroxyl groups is 1. The van der Waals surface area contributed by atoms with Crippen LogP contribution < -0.4 is 11.1 Å². The number of rotatable bonds is 3. The molecule has 5 N–H and O–H groups in total. The van der Waals surface area contributed by atoms with Crippen LogP contribution in [-0.2, 0) is 4.79 Å². The number of anilines is 1. The fourth-order valence-electron chi connectivity index (χ4n) is 1.94. The standard InChI is InChI=1S/C13H14N2O4/c14-8-2-1-7(5-8)12(17)15-9-3-4-11(16)10(6-9)13(18)19/h1-4,6-8,16H,5,14H2,(H,15,17)(H,18,19). The quantitative estimate of drug-likeness (QED) is 0.478. The molecule has 0 fully saturated rings. The fraction of sp³-hybridized carbons (Fsp3) is 0.231. The SMILES string of the molecule is NC1C=CC(C(=O)Nc2ccc(O)c(C(=O)O)c2)C1. The number of carbonyl (C=O) groups excluding carboxylic acids is 1. The van der Waals surface area contributed by atoms with Gasteiger partial charge in [0.25, 0.3) is 0 Å². The Bertz CT molecular complexity index is 554. The van der Waals surface area contributed by atoms with E-state index in [0.717, 1.165) is 0 Å². The van der Waals surface area contributed by atoms with Crippen molar-refractivity contribution < 1.29 is 19.8 Å². The molecule has 1 aliphatic rings. The van der Waals surface area contributed by atoms with Gasteiger partial charge in [-0.1, -0.05) is 12.2 Å². The van der Waals surface area contributed by atoms with Gasteiger partial charge in [-0.05, 0) is 24.6 Å². The van der Waals surface area contributed by atoms with Crippen LogP contribution in [0, 0.1) is 5.92 Å². The maximum absolute atomic E-state index is 11.9. The van der Waals surface area contributed by atoms with Gasteiger partial charge in [0.2, 0.25) is 5.91 Å². The second kappa shape index (κ2) is 5.11. The zero-order valence-corrected chi connectivity index (χ0v) is 10.0. The number of aromatic carboxylic acids is 1. The van der Waals surface area contributed by atoms with Crippen LogP contribution in [-0.4, -0.2) is 28.1 Å². The minimum Gasteiger partial charge on any atom is -0.507 e. The zero-order chi connectivity index (χ0) is 14.0. The first-order valence-electron chi connectivity index (χ1n) is 5.78. The molecule has 1 amide bonds. The van der Waals surface area contributed by atoms with Crippen molar-refractivity contribution in [2.75, 3.05) is 5.32 Å². The highest BCUT2D eigenvalue weighted by Crippen LogP contribution is 2.23. The lowest BCUT2D eigenvalue weighted by Gasteiger charge is -2.11. The number of phenols is 1. The minimum atomic E-state index is -1.25. The molecule has 2 rings (SSSR count). The first-order chi connectivity index (χ1) is 8.97. The number of carboxylic acids is 1. The Morgan fingerprint density at radius 1 is 1.32 bits per heavy atom. The molecule has 100 valence electrons. The van der Waals surface area contributed by atoms with Gasteiger partial charge < -0.3 is 21.3 Å². The molecule has 0 bridgehead atoms. The van der Waals surface area contributed by atoms with E-state index >= 15 is 0 Å². The van der Waals surface area contributed by atoms with Crippen LogP contribution in [0.3, 0.4) is 0 Å². The smallest absolute Gasteiger partial charge is 0.339 e. The third kappa shape index (κ3) is 2.92. The van der Waals surface area contributed by atoms with Gasteiger partial charge in [-0.25, -0.2) is 4.79 Å². The van der Waals surface area contributed by atoms with Gasteiger partial charge in [0.05, 0.1) is 5.92 Å². The Morgan fingerprint density at radius 3 is 2.63 bits per heavy atom. The third-order valence-electron chi connectivity index (χ3n) is 2.95. The van der Waals surface area contributed by atoms with Crippen molar-refractivity contribution in [3.05, 3.63) is 35.9 Å². The second-order valence-corrected chi connectivity index (χ2v) is 4.42. The van der Waals surface area contributed by atoms with Crippen LogP contribution in [0.1, 0.15) is 16.8 Å². The second-order valence-electron chi connectivity index (χ2n) is 4.42. The molecule has 0 saturated heterocycles. The Balaban J connectivity index is 2.11. The van der Waals surface area contributed by atoms with Crippen LogP contribution in [0.5, 0.6) is 5.75 Å². The topological polar surface area (TPSA) is 113 Å². The Hall–Kier alpha value is -2.34. The molecule has 6 heteroatoms. The number of benzene rings is 1. The van der Waals surface area contributed by atoms with Crippen molar-refractivity contribution in [3.8, 4) is 5.75 Å². The normalized spacial score (nSPS) is 21.3. The van der Waals surface area contributed by atoms with Crippen LogP contribution in [0.4, 0.5) is 5.69 Å². The Labute approximate surface area is 109 Å². The maximum atomic E-state index is 11.9. The third-order valence-corrected chi connectivity index (χ3v) is 2.95. The fourth-order valence-corrected chi connectivity index (χ4v) is 1.94. The number of hydrogen-bond acceptors (Lipinski definition) is 4. The van der Waals surface area contributed by atoms with Crippen molar-refractivity contribution in [2.24, 2.45) is 11.7 Å². The summed E-state index contributed by atoms with van der Waals surface area (Å²) >= 11 is 0. The summed E-state index contributed by atoms with van der Waals surface area (Å²) in [5, 5.41) is 20.8. The van der Waals surface area contributed by atoms with Crippen LogP contribution in [0.15, 0.2) is 30.4 Å². The van der Waals surface area contributed by atoms with E-state index < -0.39 is 5.97 Å². The van der Waals surface area contributed by atoms with Gasteiger partial charge in [0, 0.05) is 11.7 Å². The van der Waals surface area contributed by atoms with Crippen molar-refractivity contribution in [1.29, 1.82) is 0 Å². The average molecular weight is 262 g/mol. The predicted octanol–water partition coefficient (Wildman–Crippen LogP) is 0.932. The molecule has 0 aliphatic heterocycles. The summed E-state index contributed by atoms with van der Waals surface area (Å²) < 4.78 is 0. The molecule has 1 aromatic carbocycles. The van der Waals surface area contributed by atoms with Crippen LogP contribution in [0.25, 0.3) is 0 Å². The lowest BCUT2D eigenvalue weighted by atomic mass is 10.1. The molecule has 0 aromatic heterocycles. The molecule has 1 aliphatic carbocycles. The zero-order valence-electron chi connectivity index (χ0n) is 10.0. The van der Waals surface area contributed by atoms with Crippen LogP contribution in [0.2, 0.25) is 0 Å². The highest BCUT2D eigenvalue weighted by atomic mass is 16.4. The molecule has 6 nitrogen and oxygen atoms in total. The molecule has 0 spiro atoms. The van der Waals surface area contributed by atoms with E-state index in [4.69, 9.17) is 10.8 Å². The summed E-state index contributed by atoms with van der Waals surface area (Å²) in [4.78, 5) is 22.8. The van der Waals surface area contributed by atoms with E-state index in [-0.39, 0.29) is 29.2 Å². The highest BCUT2D eigenvalue weighted by molar-refractivity contribution is 5.97. The number of hydrogen-bond donors (Lipinski definition) is 4. The molecule has 2 atom stereocenters. The summed E-state index contributed by atoms with van der Waals surface area (Å²) in [6.45, 7) is 0. The van der Waals surface area contributed by atoms with E-state index in [2.05, 4.69) is 5.32 Å². The number of carboxylic acid groups (broad SMARTS) is 1. The first kappa shape index (κ1) is 13.1. The summed E-state index contributed by atoms with van der Waals surface area (Å²) in [7, 11) is 0. The van der Waals surface area contributed by atoms with Crippen molar-refractivity contribution in [3.63, 3.8) is 0 Å². The Kier molecular flexibility index (Phi) is 3.52. The minimum absolute atomic E-state index is 0.120. The average Bonchev–Trinajstić information content (AvgIpc) is 2.78. The molecule has 2 unspecified atom stereocenters. The van der Waals surface area contributed by atoms with Crippen molar-refractivity contribution >= 4 is 17.6 Å². The van der Waals surface area contributed by atoms with E-state index in [1.807, 2.05) is 0 Å². The predicted molar refractivity (Wildman–Crippen MR) is 68.9 cm³/mol. The van der Waals surface area contributed by atoms with Gasteiger partial charge >= 0.3 is 5.97 Å². The van der Waals surface area contributed by atoms with E-state index in [9.17, 15) is 14.7 Å². The lowest BCUT2D eigenvalue weighted by Crippen LogP contribution is -2.24. The highest BCUT2D eigenvalue weighted by Gasteiger charge is 2.23. The van der Waals surface area contributed by atoms with Crippen molar-refractivity contribution in [1.82, 2.24) is 0 Å². The van der Waals surface area contributed by atoms with Crippen LogP contribution >= 0.6 is 0 Å². The molecular weight excluding hydrogens is 248 g/mol.